The van der Waals surface area contributed by atoms with E-state index in [1.807, 2.05) is 6.07 Å². The number of carbonyl (C=O) groups excluding carboxylic acids is 1. The lowest BCUT2D eigenvalue weighted by Crippen LogP contribution is -2.49. The van der Waals surface area contributed by atoms with Crippen LogP contribution in [0.1, 0.15) is 10.4 Å². The molecule has 1 aromatic heterocycles. The largest absolute Gasteiger partial charge is 0.345 e. The highest BCUT2D eigenvalue weighted by molar-refractivity contribution is 7.98. The molecule has 3 aromatic rings. The first-order valence-corrected chi connectivity index (χ1v) is 10.9. The number of halogens is 2. The summed E-state index contributed by atoms with van der Waals surface area (Å²) in [5, 5.41) is 1.11. The van der Waals surface area contributed by atoms with Crippen LogP contribution in [0, 0.1) is 5.82 Å². The SMILES string of the molecule is CSc1ccc2nc(N3CCN(C(=O)c4c(F)cccc4Cl)CC3)sc2c1. The molecule has 0 bridgehead atoms. The number of piperazine rings is 1. The lowest BCUT2D eigenvalue weighted by atomic mass is 10.1. The number of benzene rings is 2. The fourth-order valence-corrected chi connectivity index (χ4v) is 4.93. The number of carbonyl (C=O) groups is 1. The van der Waals surface area contributed by atoms with Gasteiger partial charge in [0.05, 0.1) is 20.8 Å². The quantitative estimate of drug-likeness (QED) is 0.570. The monoisotopic (exact) mass is 421 g/mol. The summed E-state index contributed by atoms with van der Waals surface area (Å²) in [6.45, 7) is 2.34. The van der Waals surface area contributed by atoms with Gasteiger partial charge in [0.1, 0.15) is 5.82 Å². The number of rotatable bonds is 3. The Bertz CT molecular complexity index is 982. The van der Waals surface area contributed by atoms with E-state index >= 15 is 0 Å². The summed E-state index contributed by atoms with van der Waals surface area (Å²) in [4.78, 5) is 22.4. The van der Waals surface area contributed by atoms with Gasteiger partial charge in [-0.3, -0.25) is 4.79 Å². The molecule has 0 atom stereocenters. The van der Waals surface area contributed by atoms with Crippen molar-refractivity contribution in [1.29, 1.82) is 0 Å². The molecule has 0 radical (unpaired) electrons. The number of amides is 1. The summed E-state index contributed by atoms with van der Waals surface area (Å²) < 4.78 is 15.2. The Morgan fingerprint density at radius 2 is 2.00 bits per heavy atom. The lowest BCUT2D eigenvalue weighted by molar-refractivity contribution is 0.0742. The molecule has 0 saturated carbocycles. The van der Waals surface area contributed by atoms with E-state index in [1.54, 1.807) is 28.0 Å². The number of thioether (sulfide) groups is 1. The summed E-state index contributed by atoms with van der Waals surface area (Å²) in [5.41, 5.74) is 0.946. The summed E-state index contributed by atoms with van der Waals surface area (Å²) in [7, 11) is 0. The number of hydrogen-bond acceptors (Lipinski definition) is 5. The topological polar surface area (TPSA) is 36.4 Å². The molecule has 0 N–H and O–H groups in total. The van der Waals surface area contributed by atoms with E-state index in [-0.39, 0.29) is 16.5 Å². The maximum atomic E-state index is 14.0. The number of anilines is 1. The van der Waals surface area contributed by atoms with Crippen molar-refractivity contribution in [3.63, 3.8) is 0 Å². The molecule has 4 rings (SSSR count). The van der Waals surface area contributed by atoms with Crippen LogP contribution in [-0.4, -0.2) is 48.2 Å². The Hall–Kier alpha value is -1.83. The fraction of sp³-hybridized carbons (Fsp3) is 0.263. The number of nitrogens with zero attached hydrogens (tertiary/aromatic N) is 3. The lowest BCUT2D eigenvalue weighted by Gasteiger charge is -2.34. The summed E-state index contributed by atoms with van der Waals surface area (Å²) in [5.74, 6) is -0.933. The van der Waals surface area contributed by atoms with Crippen LogP contribution in [0.3, 0.4) is 0 Å². The van der Waals surface area contributed by atoms with E-state index in [9.17, 15) is 9.18 Å². The second-order valence-corrected chi connectivity index (χ2v) is 8.50. The molecule has 2 heterocycles. The van der Waals surface area contributed by atoms with E-state index < -0.39 is 5.82 Å². The Morgan fingerprint density at radius 3 is 2.70 bits per heavy atom. The smallest absolute Gasteiger partial charge is 0.258 e. The van der Waals surface area contributed by atoms with Gasteiger partial charge in [0.25, 0.3) is 5.91 Å². The summed E-state index contributed by atoms with van der Waals surface area (Å²) in [6, 6.07) is 10.6. The summed E-state index contributed by atoms with van der Waals surface area (Å²) in [6.07, 6.45) is 2.06. The van der Waals surface area contributed by atoms with Crippen LogP contribution in [-0.2, 0) is 0 Å². The van der Waals surface area contributed by atoms with Crippen LogP contribution in [0.2, 0.25) is 5.02 Å². The van der Waals surface area contributed by atoms with Crippen LogP contribution >= 0.6 is 34.7 Å². The molecular weight excluding hydrogens is 405 g/mol. The van der Waals surface area contributed by atoms with E-state index in [1.165, 1.54) is 23.1 Å². The number of fused-ring (bicyclic) bond motifs is 1. The van der Waals surface area contributed by atoms with Crippen LogP contribution in [0.5, 0.6) is 0 Å². The zero-order valence-corrected chi connectivity index (χ0v) is 17.0. The van der Waals surface area contributed by atoms with Crippen LogP contribution in [0.25, 0.3) is 10.2 Å². The zero-order valence-electron chi connectivity index (χ0n) is 14.6. The third kappa shape index (κ3) is 3.63. The van der Waals surface area contributed by atoms with Gasteiger partial charge >= 0.3 is 0 Å². The molecule has 27 heavy (non-hydrogen) atoms. The van der Waals surface area contributed by atoms with Crippen molar-refractivity contribution in [2.75, 3.05) is 37.3 Å². The van der Waals surface area contributed by atoms with Crippen LogP contribution < -0.4 is 4.90 Å². The average Bonchev–Trinajstić information content (AvgIpc) is 3.11. The second-order valence-electron chi connectivity index (χ2n) is 6.21. The minimum absolute atomic E-state index is 0.0443. The van der Waals surface area contributed by atoms with Crippen molar-refractivity contribution < 1.29 is 9.18 Å². The summed E-state index contributed by atoms with van der Waals surface area (Å²) >= 11 is 9.40. The number of thiazole rings is 1. The van der Waals surface area contributed by atoms with E-state index in [0.29, 0.717) is 26.2 Å². The Labute approximate surface area is 169 Å². The van der Waals surface area contributed by atoms with Crippen LogP contribution in [0.15, 0.2) is 41.3 Å². The third-order valence-corrected chi connectivity index (χ3v) is 6.72. The van der Waals surface area contributed by atoms with Gasteiger partial charge in [-0.25, -0.2) is 9.37 Å². The standard InChI is InChI=1S/C19H17ClFN3OS2/c1-26-12-5-6-15-16(11-12)27-19(22-15)24-9-7-23(8-10-24)18(25)17-13(20)3-2-4-14(17)21/h2-6,11H,7-10H2,1H3. The maximum absolute atomic E-state index is 14.0. The molecule has 4 nitrogen and oxygen atoms in total. The molecule has 0 spiro atoms. The molecule has 1 aliphatic heterocycles. The predicted molar refractivity (Wildman–Crippen MR) is 111 cm³/mol. The van der Waals surface area contributed by atoms with Gasteiger partial charge in [-0.15, -0.1) is 11.8 Å². The van der Waals surface area contributed by atoms with Crippen molar-refractivity contribution in [3.8, 4) is 0 Å². The first-order chi connectivity index (χ1) is 13.1. The van der Waals surface area contributed by atoms with Gasteiger partial charge in [0.15, 0.2) is 5.13 Å². The van der Waals surface area contributed by atoms with Crippen molar-refractivity contribution in [1.82, 2.24) is 9.88 Å². The molecule has 1 fully saturated rings. The van der Waals surface area contributed by atoms with Crippen molar-refractivity contribution in [2.24, 2.45) is 0 Å². The van der Waals surface area contributed by atoms with Gasteiger partial charge in [-0.2, -0.15) is 0 Å². The molecule has 2 aromatic carbocycles. The number of aromatic nitrogens is 1. The third-order valence-electron chi connectivity index (χ3n) is 4.60. The molecule has 1 aliphatic rings. The maximum Gasteiger partial charge on any atom is 0.258 e. The van der Waals surface area contributed by atoms with Crippen molar-refractivity contribution in [3.05, 3.63) is 52.8 Å². The van der Waals surface area contributed by atoms with Gasteiger partial charge in [-0.1, -0.05) is 29.0 Å². The minimum atomic E-state index is -0.578. The fourth-order valence-electron chi connectivity index (χ4n) is 3.12. The normalized spacial score (nSPS) is 14.8. The van der Waals surface area contributed by atoms with Gasteiger partial charge in [0.2, 0.25) is 0 Å². The van der Waals surface area contributed by atoms with E-state index in [0.717, 1.165) is 15.3 Å². The molecule has 8 heteroatoms. The Kier molecular flexibility index (Phi) is 5.25. The Morgan fingerprint density at radius 1 is 1.22 bits per heavy atom. The van der Waals surface area contributed by atoms with Gasteiger partial charge < -0.3 is 9.80 Å². The van der Waals surface area contributed by atoms with Crippen LogP contribution in [0.4, 0.5) is 9.52 Å². The molecule has 0 aliphatic carbocycles. The van der Waals surface area contributed by atoms with Gasteiger partial charge in [0, 0.05) is 31.1 Å². The van der Waals surface area contributed by atoms with Crippen molar-refractivity contribution in [2.45, 2.75) is 4.90 Å². The van der Waals surface area contributed by atoms with E-state index in [2.05, 4.69) is 23.3 Å². The molecule has 0 unspecified atom stereocenters. The highest BCUT2D eigenvalue weighted by atomic mass is 35.5. The highest BCUT2D eigenvalue weighted by Crippen LogP contribution is 2.32. The highest BCUT2D eigenvalue weighted by Gasteiger charge is 2.27. The van der Waals surface area contributed by atoms with Gasteiger partial charge in [-0.05, 0) is 36.6 Å². The zero-order chi connectivity index (χ0) is 19.0. The van der Waals surface area contributed by atoms with E-state index in [4.69, 9.17) is 16.6 Å². The number of hydrogen-bond donors (Lipinski definition) is 0. The first kappa shape index (κ1) is 18.5. The predicted octanol–water partition coefficient (Wildman–Crippen LogP) is 4.77. The molecule has 140 valence electrons. The first-order valence-electron chi connectivity index (χ1n) is 8.49. The molecule has 1 amide bonds. The Balaban J connectivity index is 1.48. The van der Waals surface area contributed by atoms with Crippen molar-refractivity contribution >= 4 is 56.0 Å². The average molecular weight is 422 g/mol. The molecular formula is C19H17ClFN3OS2. The second kappa shape index (κ2) is 7.66. The molecule has 1 saturated heterocycles. The minimum Gasteiger partial charge on any atom is -0.345 e.